The number of pyridine rings is 1. The van der Waals surface area contributed by atoms with Crippen LogP contribution in [0.4, 0.5) is 5.82 Å². The molecule has 32 heavy (non-hydrogen) atoms. The van der Waals surface area contributed by atoms with Gasteiger partial charge in [-0.2, -0.15) is 0 Å². The second-order valence-electron chi connectivity index (χ2n) is 7.85. The second-order valence-corrected chi connectivity index (χ2v) is 9.52. The van der Waals surface area contributed by atoms with E-state index in [0.717, 1.165) is 37.9 Å². The van der Waals surface area contributed by atoms with Gasteiger partial charge in [0, 0.05) is 25.8 Å². The Bertz CT molecular complexity index is 1280. The van der Waals surface area contributed by atoms with Crippen LogP contribution in [0.25, 0.3) is 11.7 Å². The standard InChI is InChI=1S/C24H22N4O2S2/c29-22-18(21(26-12-6-7-13-26)25-20-10-4-5-14-27(20)22)16-19-23(30)28(24(31)32-19)15-11-17-8-2-1-3-9-17/h1-5,8-10,14,16H,6-7,11-13,15H2. The van der Waals surface area contributed by atoms with E-state index in [1.165, 1.54) is 16.2 Å². The lowest BCUT2D eigenvalue weighted by Crippen LogP contribution is -2.30. The van der Waals surface area contributed by atoms with Crippen molar-refractivity contribution in [3.63, 3.8) is 0 Å². The van der Waals surface area contributed by atoms with Crippen molar-refractivity contribution in [2.75, 3.05) is 24.5 Å². The largest absolute Gasteiger partial charge is 0.356 e. The molecule has 0 radical (unpaired) electrons. The summed E-state index contributed by atoms with van der Waals surface area (Å²) in [5.74, 6) is 0.495. The van der Waals surface area contributed by atoms with Gasteiger partial charge in [-0.15, -0.1) is 0 Å². The average Bonchev–Trinajstić information content (AvgIpc) is 3.44. The summed E-state index contributed by atoms with van der Waals surface area (Å²) in [6.45, 7) is 2.22. The quantitative estimate of drug-likeness (QED) is 0.425. The van der Waals surface area contributed by atoms with Crippen LogP contribution < -0.4 is 10.5 Å². The molecule has 162 valence electrons. The predicted octanol–water partition coefficient (Wildman–Crippen LogP) is 3.74. The maximum atomic E-state index is 13.4. The minimum atomic E-state index is -0.174. The fourth-order valence-corrected chi connectivity index (χ4v) is 5.39. The molecule has 2 saturated heterocycles. The molecule has 0 aliphatic carbocycles. The number of carbonyl (C=O) groups excluding carboxylic acids is 1. The molecule has 2 fully saturated rings. The molecule has 2 aliphatic rings. The molecular formula is C24H22N4O2S2. The Labute approximate surface area is 195 Å². The highest BCUT2D eigenvalue weighted by atomic mass is 32.2. The highest BCUT2D eigenvalue weighted by molar-refractivity contribution is 8.26. The Morgan fingerprint density at radius 3 is 2.56 bits per heavy atom. The van der Waals surface area contributed by atoms with Gasteiger partial charge in [0.1, 0.15) is 15.8 Å². The molecular weight excluding hydrogens is 440 g/mol. The predicted molar refractivity (Wildman–Crippen MR) is 133 cm³/mol. The van der Waals surface area contributed by atoms with Crippen LogP contribution in [0.15, 0.2) is 64.4 Å². The Morgan fingerprint density at radius 1 is 1.03 bits per heavy atom. The Morgan fingerprint density at radius 2 is 1.78 bits per heavy atom. The van der Waals surface area contributed by atoms with E-state index in [0.29, 0.717) is 32.8 Å². The Hall–Kier alpha value is -2.97. The number of aromatic nitrogens is 2. The molecule has 2 aromatic heterocycles. The summed E-state index contributed by atoms with van der Waals surface area (Å²) in [5, 5.41) is 0. The third-order valence-corrected chi connectivity index (χ3v) is 7.15. The summed E-state index contributed by atoms with van der Waals surface area (Å²) < 4.78 is 2.05. The van der Waals surface area contributed by atoms with Gasteiger partial charge in [-0.1, -0.05) is 60.4 Å². The van der Waals surface area contributed by atoms with Gasteiger partial charge in [0.15, 0.2) is 0 Å². The summed E-state index contributed by atoms with van der Waals surface area (Å²) in [6, 6.07) is 15.5. The molecule has 0 spiro atoms. The number of thioether (sulfide) groups is 1. The van der Waals surface area contributed by atoms with Crippen LogP contribution in [-0.4, -0.2) is 44.1 Å². The number of carbonyl (C=O) groups is 1. The molecule has 1 amide bonds. The molecule has 6 nitrogen and oxygen atoms in total. The second kappa shape index (κ2) is 8.88. The van der Waals surface area contributed by atoms with Crippen LogP contribution in [0.2, 0.25) is 0 Å². The zero-order chi connectivity index (χ0) is 22.1. The lowest BCUT2D eigenvalue weighted by molar-refractivity contribution is -0.122. The van der Waals surface area contributed by atoms with E-state index in [9.17, 15) is 9.59 Å². The molecule has 8 heteroatoms. The topological polar surface area (TPSA) is 57.9 Å². The van der Waals surface area contributed by atoms with E-state index >= 15 is 0 Å². The number of rotatable bonds is 5. The van der Waals surface area contributed by atoms with Gasteiger partial charge in [0.25, 0.3) is 11.5 Å². The van der Waals surface area contributed by atoms with Crippen LogP contribution in [0, 0.1) is 0 Å². The lowest BCUT2D eigenvalue weighted by Gasteiger charge is -2.19. The molecule has 4 heterocycles. The van der Waals surface area contributed by atoms with Crippen LogP contribution in [0.1, 0.15) is 24.0 Å². The summed E-state index contributed by atoms with van der Waals surface area (Å²) in [4.78, 5) is 35.5. The molecule has 3 aromatic rings. The van der Waals surface area contributed by atoms with Crippen molar-refractivity contribution in [3.05, 3.63) is 81.1 Å². The van der Waals surface area contributed by atoms with E-state index in [1.807, 2.05) is 42.5 Å². The van der Waals surface area contributed by atoms with Crippen molar-refractivity contribution in [3.8, 4) is 0 Å². The van der Waals surface area contributed by atoms with Gasteiger partial charge < -0.3 is 4.90 Å². The SMILES string of the molecule is O=C1C(=Cc2c(N3CCCC3)nc3ccccn3c2=O)SC(=S)N1CCc1ccccc1. The number of benzene rings is 1. The van der Waals surface area contributed by atoms with E-state index < -0.39 is 0 Å². The number of anilines is 1. The summed E-state index contributed by atoms with van der Waals surface area (Å²) in [6.07, 6.45) is 6.25. The normalized spacial score (nSPS) is 17.8. The number of hydrogen-bond acceptors (Lipinski definition) is 6. The van der Waals surface area contributed by atoms with Crippen molar-refractivity contribution in [1.82, 2.24) is 14.3 Å². The van der Waals surface area contributed by atoms with Gasteiger partial charge in [-0.05, 0) is 43.0 Å². The van der Waals surface area contributed by atoms with Crippen LogP contribution in [-0.2, 0) is 11.2 Å². The fraction of sp³-hybridized carbons (Fsp3) is 0.250. The first-order chi connectivity index (χ1) is 15.6. The molecule has 0 saturated carbocycles. The Kier molecular flexibility index (Phi) is 5.80. The smallest absolute Gasteiger partial charge is 0.267 e. The molecule has 0 atom stereocenters. The van der Waals surface area contributed by atoms with Crippen LogP contribution in [0.3, 0.4) is 0 Å². The molecule has 0 bridgehead atoms. The number of nitrogens with zero attached hydrogens (tertiary/aromatic N) is 4. The highest BCUT2D eigenvalue weighted by Gasteiger charge is 2.32. The number of amides is 1. The van der Waals surface area contributed by atoms with Crippen LogP contribution in [0.5, 0.6) is 0 Å². The van der Waals surface area contributed by atoms with Crippen molar-refractivity contribution >= 4 is 51.7 Å². The monoisotopic (exact) mass is 462 g/mol. The summed E-state index contributed by atoms with van der Waals surface area (Å²) in [7, 11) is 0. The first-order valence-corrected chi connectivity index (χ1v) is 11.9. The van der Waals surface area contributed by atoms with Crippen molar-refractivity contribution in [2.24, 2.45) is 0 Å². The van der Waals surface area contributed by atoms with Crippen LogP contribution >= 0.6 is 24.0 Å². The third-order valence-electron chi connectivity index (χ3n) is 5.77. The lowest BCUT2D eigenvalue weighted by atomic mass is 10.1. The first kappa shape index (κ1) is 20.9. The maximum Gasteiger partial charge on any atom is 0.267 e. The van der Waals surface area contributed by atoms with Crippen molar-refractivity contribution in [2.45, 2.75) is 19.3 Å². The van der Waals surface area contributed by atoms with E-state index in [2.05, 4.69) is 4.90 Å². The van der Waals surface area contributed by atoms with E-state index in [1.54, 1.807) is 23.2 Å². The number of fused-ring (bicyclic) bond motifs is 1. The van der Waals surface area contributed by atoms with Gasteiger partial charge in [-0.3, -0.25) is 18.9 Å². The molecule has 2 aliphatic heterocycles. The minimum absolute atomic E-state index is 0.152. The van der Waals surface area contributed by atoms with Gasteiger partial charge >= 0.3 is 0 Å². The van der Waals surface area contributed by atoms with Gasteiger partial charge in [0.05, 0.1) is 10.5 Å². The van der Waals surface area contributed by atoms with Crippen molar-refractivity contribution < 1.29 is 4.79 Å². The minimum Gasteiger partial charge on any atom is -0.356 e. The molecule has 1 aromatic carbocycles. The molecule has 0 unspecified atom stereocenters. The van der Waals surface area contributed by atoms with E-state index in [-0.39, 0.29) is 11.5 Å². The zero-order valence-corrected chi connectivity index (χ0v) is 19.1. The average molecular weight is 463 g/mol. The highest BCUT2D eigenvalue weighted by Crippen LogP contribution is 2.34. The third kappa shape index (κ3) is 3.96. The van der Waals surface area contributed by atoms with Gasteiger partial charge in [-0.25, -0.2) is 4.98 Å². The zero-order valence-electron chi connectivity index (χ0n) is 17.4. The summed E-state index contributed by atoms with van der Waals surface area (Å²) in [5.41, 5.74) is 2.02. The molecule has 0 N–H and O–H groups in total. The maximum absolute atomic E-state index is 13.4. The number of hydrogen-bond donors (Lipinski definition) is 0. The summed E-state index contributed by atoms with van der Waals surface area (Å²) >= 11 is 6.75. The fourth-order valence-electron chi connectivity index (χ4n) is 4.10. The first-order valence-electron chi connectivity index (χ1n) is 10.7. The van der Waals surface area contributed by atoms with Crippen molar-refractivity contribution in [1.29, 1.82) is 0 Å². The number of thiocarbonyl (C=S) groups is 1. The molecule has 5 rings (SSSR count). The van der Waals surface area contributed by atoms with E-state index in [4.69, 9.17) is 17.2 Å². The van der Waals surface area contributed by atoms with Gasteiger partial charge in [0.2, 0.25) is 0 Å². The Balaban J connectivity index is 1.50.